The molecule has 6 heteroatoms. The predicted octanol–water partition coefficient (Wildman–Crippen LogP) is 3.35. The van der Waals surface area contributed by atoms with Gasteiger partial charge in [0.2, 0.25) is 5.82 Å². The molecular weight excluding hydrogens is 310 g/mol. The first-order chi connectivity index (χ1) is 8.94. The maximum atomic E-state index is 5.94. The van der Waals surface area contributed by atoms with E-state index in [2.05, 4.69) is 26.1 Å². The predicted molar refractivity (Wildman–Crippen MR) is 76.5 cm³/mol. The summed E-state index contributed by atoms with van der Waals surface area (Å²) < 4.78 is 11.8. The SMILES string of the molecule is CCOC(C)(C)c1noc(-c2ccc(Br)cc2N)n1. The Bertz CT molecular complexity index is 581. The monoisotopic (exact) mass is 325 g/mol. The second kappa shape index (κ2) is 5.30. The quantitative estimate of drug-likeness (QED) is 0.872. The maximum absolute atomic E-state index is 5.94. The van der Waals surface area contributed by atoms with E-state index in [1.807, 2.05) is 32.9 Å². The lowest BCUT2D eigenvalue weighted by Gasteiger charge is -2.19. The first-order valence-electron chi connectivity index (χ1n) is 5.97. The van der Waals surface area contributed by atoms with Crippen LogP contribution < -0.4 is 5.73 Å². The Morgan fingerprint density at radius 1 is 1.42 bits per heavy atom. The van der Waals surface area contributed by atoms with Crippen molar-refractivity contribution >= 4 is 21.6 Å². The van der Waals surface area contributed by atoms with Gasteiger partial charge < -0.3 is 15.0 Å². The number of ether oxygens (including phenoxy) is 1. The molecule has 0 atom stereocenters. The number of nitrogen functional groups attached to an aromatic ring is 1. The number of hydrogen-bond donors (Lipinski definition) is 1. The van der Waals surface area contributed by atoms with Crippen molar-refractivity contribution < 1.29 is 9.26 Å². The lowest BCUT2D eigenvalue weighted by molar-refractivity contribution is -0.0221. The van der Waals surface area contributed by atoms with Gasteiger partial charge in [0.05, 0.1) is 5.56 Å². The highest BCUT2D eigenvalue weighted by molar-refractivity contribution is 9.10. The Morgan fingerprint density at radius 3 is 2.79 bits per heavy atom. The second-order valence-electron chi connectivity index (χ2n) is 4.60. The summed E-state index contributed by atoms with van der Waals surface area (Å²) in [6.45, 7) is 6.30. The number of anilines is 1. The highest BCUT2D eigenvalue weighted by atomic mass is 79.9. The fourth-order valence-corrected chi connectivity index (χ4v) is 2.11. The van der Waals surface area contributed by atoms with Crippen LogP contribution in [-0.2, 0) is 10.3 Å². The molecule has 0 saturated heterocycles. The third-order valence-electron chi connectivity index (χ3n) is 2.71. The Balaban J connectivity index is 2.35. The van der Waals surface area contributed by atoms with Crippen molar-refractivity contribution in [1.29, 1.82) is 0 Å². The molecule has 1 aromatic carbocycles. The van der Waals surface area contributed by atoms with Crippen LogP contribution in [0.5, 0.6) is 0 Å². The fraction of sp³-hybridized carbons (Fsp3) is 0.385. The summed E-state index contributed by atoms with van der Waals surface area (Å²) in [5.74, 6) is 0.902. The lowest BCUT2D eigenvalue weighted by atomic mass is 10.1. The third kappa shape index (κ3) is 2.96. The summed E-state index contributed by atoms with van der Waals surface area (Å²) in [4.78, 5) is 4.36. The first-order valence-corrected chi connectivity index (χ1v) is 6.77. The van der Waals surface area contributed by atoms with Crippen LogP contribution in [0.1, 0.15) is 26.6 Å². The summed E-state index contributed by atoms with van der Waals surface area (Å²) >= 11 is 3.36. The van der Waals surface area contributed by atoms with Gasteiger partial charge in [-0.2, -0.15) is 4.98 Å². The van der Waals surface area contributed by atoms with Crippen molar-refractivity contribution in [3.05, 3.63) is 28.5 Å². The van der Waals surface area contributed by atoms with E-state index in [4.69, 9.17) is 15.0 Å². The van der Waals surface area contributed by atoms with Gasteiger partial charge in [-0.1, -0.05) is 21.1 Å². The summed E-state index contributed by atoms with van der Waals surface area (Å²) in [7, 11) is 0. The first kappa shape index (κ1) is 14.0. The number of rotatable bonds is 4. The smallest absolute Gasteiger partial charge is 0.260 e. The highest BCUT2D eigenvalue weighted by Gasteiger charge is 2.27. The molecule has 0 aliphatic carbocycles. The van der Waals surface area contributed by atoms with E-state index < -0.39 is 5.60 Å². The van der Waals surface area contributed by atoms with Crippen molar-refractivity contribution in [3.8, 4) is 11.5 Å². The molecule has 1 heterocycles. The van der Waals surface area contributed by atoms with Gasteiger partial charge in [-0.05, 0) is 39.0 Å². The topological polar surface area (TPSA) is 74.2 Å². The van der Waals surface area contributed by atoms with Crippen molar-refractivity contribution in [2.24, 2.45) is 0 Å². The summed E-state index contributed by atoms with van der Waals surface area (Å²) in [5.41, 5.74) is 6.66. The van der Waals surface area contributed by atoms with Gasteiger partial charge in [-0.15, -0.1) is 0 Å². The summed E-state index contributed by atoms with van der Waals surface area (Å²) in [5, 5.41) is 3.97. The molecule has 0 saturated carbocycles. The van der Waals surface area contributed by atoms with Gasteiger partial charge in [-0.25, -0.2) is 0 Å². The molecular formula is C13H16BrN3O2. The zero-order valence-electron chi connectivity index (χ0n) is 11.1. The molecule has 0 aliphatic heterocycles. The van der Waals surface area contributed by atoms with Crippen LogP contribution in [0.4, 0.5) is 5.69 Å². The van der Waals surface area contributed by atoms with Gasteiger partial charge in [0.1, 0.15) is 5.60 Å². The second-order valence-corrected chi connectivity index (χ2v) is 5.51. The van der Waals surface area contributed by atoms with Crippen LogP contribution in [0, 0.1) is 0 Å². The Kier molecular flexibility index (Phi) is 3.91. The molecule has 0 spiro atoms. The highest BCUT2D eigenvalue weighted by Crippen LogP contribution is 2.29. The van der Waals surface area contributed by atoms with Crippen molar-refractivity contribution in [3.63, 3.8) is 0 Å². The molecule has 19 heavy (non-hydrogen) atoms. The molecule has 0 amide bonds. The van der Waals surface area contributed by atoms with Crippen molar-refractivity contribution in [2.45, 2.75) is 26.4 Å². The normalized spacial score (nSPS) is 11.8. The van der Waals surface area contributed by atoms with Gasteiger partial charge >= 0.3 is 0 Å². The molecule has 2 rings (SSSR count). The number of halogens is 1. The molecule has 0 unspecified atom stereocenters. The molecule has 0 bridgehead atoms. The fourth-order valence-electron chi connectivity index (χ4n) is 1.73. The maximum Gasteiger partial charge on any atom is 0.260 e. The number of benzene rings is 1. The largest absolute Gasteiger partial charge is 0.398 e. The minimum absolute atomic E-state index is 0.396. The van der Waals surface area contributed by atoms with E-state index in [9.17, 15) is 0 Å². The van der Waals surface area contributed by atoms with E-state index in [0.717, 1.165) is 4.47 Å². The third-order valence-corrected chi connectivity index (χ3v) is 3.21. The molecule has 0 fully saturated rings. The van der Waals surface area contributed by atoms with Gasteiger partial charge in [0, 0.05) is 16.8 Å². The van der Waals surface area contributed by atoms with Crippen molar-refractivity contribution in [1.82, 2.24) is 10.1 Å². The number of hydrogen-bond acceptors (Lipinski definition) is 5. The molecule has 0 radical (unpaired) electrons. The molecule has 2 aromatic rings. The van der Waals surface area contributed by atoms with Gasteiger partial charge in [0.25, 0.3) is 5.89 Å². The Morgan fingerprint density at radius 2 is 2.16 bits per heavy atom. The van der Waals surface area contributed by atoms with E-state index >= 15 is 0 Å². The average Bonchev–Trinajstić information content (AvgIpc) is 2.78. The summed E-state index contributed by atoms with van der Waals surface area (Å²) in [6, 6.07) is 5.51. The van der Waals surface area contributed by atoms with E-state index in [-0.39, 0.29) is 0 Å². The average molecular weight is 326 g/mol. The number of nitrogens with zero attached hydrogens (tertiary/aromatic N) is 2. The summed E-state index contributed by atoms with van der Waals surface area (Å²) in [6.07, 6.45) is 0. The van der Waals surface area contributed by atoms with Crippen LogP contribution in [0.15, 0.2) is 27.2 Å². The Hall–Kier alpha value is -1.40. The standard InChI is InChI=1S/C13H16BrN3O2/c1-4-18-13(2,3)12-16-11(19-17-12)9-6-5-8(14)7-10(9)15/h5-7H,4,15H2,1-3H3. The van der Waals surface area contributed by atoms with Crippen LogP contribution in [0.3, 0.4) is 0 Å². The zero-order chi connectivity index (χ0) is 14.0. The van der Waals surface area contributed by atoms with Gasteiger partial charge in [-0.3, -0.25) is 0 Å². The van der Waals surface area contributed by atoms with Crippen LogP contribution in [0.2, 0.25) is 0 Å². The minimum atomic E-state index is -0.583. The van der Waals surface area contributed by atoms with E-state index in [1.54, 1.807) is 6.07 Å². The van der Waals surface area contributed by atoms with Crippen LogP contribution >= 0.6 is 15.9 Å². The number of nitrogens with two attached hydrogens (primary N) is 1. The molecule has 102 valence electrons. The molecule has 1 aromatic heterocycles. The number of aromatic nitrogens is 2. The minimum Gasteiger partial charge on any atom is -0.398 e. The lowest BCUT2D eigenvalue weighted by Crippen LogP contribution is -2.23. The van der Waals surface area contributed by atoms with E-state index in [0.29, 0.717) is 29.6 Å². The van der Waals surface area contributed by atoms with Crippen LogP contribution in [0.25, 0.3) is 11.5 Å². The molecule has 5 nitrogen and oxygen atoms in total. The van der Waals surface area contributed by atoms with Crippen LogP contribution in [-0.4, -0.2) is 16.7 Å². The van der Waals surface area contributed by atoms with Crippen molar-refractivity contribution in [2.75, 3.05) is 12.3 Å². The van der Waals surface area contributed by atoms with E-state index in [1.165, 1.54) is 0 Å². The zero-order valence-corrected chi connectivity index (χ0v) is 12.7. The molecule has 0 aliphatic rings. The molecule has 2 N–H and O–H groups in total. The Labute approximate surface area is 120 Å². The van der Waals surface area contributed by atoms with Gasteiger partial charge in [0.15, 0.2) is 0 Å².